The van der Waals surface area contributed by atoms with Gasteiger partial charge in [0.05, 0.1) is 13.2 Å². The molecule has 0 amide bonds. The number of rotatable bonds is 5. The Morgan fingerprint density at radius 2 is 1.17 bits per heavy atom. The molecule has 0 bridgehead atoms. The van der Waals surface area contributed by atoms with Crippen LogP contribution in [-0.4, -0.2) is 20.4 Å². The summed E-state index contributed by atoms with van der Waals surface area (Å²) in [4.78, 5) is 0. The van der Waals surface area contributed by atoms with Gasteiger partial charge in [0, 0.05) is 28.2 Å². The molecule has 23 heavy (non-hydrogen) atoms. The first-order chi connectivity index (χ1) is 10.9. The molecule has 4 heteroatoms. The number of benzene rings is 2. The van der Waals surface area contributed by atoms with E-state index in [9.17, 15) is 20.4 Å². The summed E-state index contributed by atoms with van der Waals surface area (Å²) in [6.45, 7) is 5.32. The van der Waals surface area contributed by atoms with Gasteiger partial charge in [-0.2, -0.15) is 0 Å². The van der Waals surface area contributed by atoms with Gasteiger partial charge < -0.3 is 20.4 Å². The second-order valence-corrected chi connectivity index (χ2v) is 6.00. The number of hydrogen-bond donors (Lipinski definition) is 4. The predicted molar refractivity (Wildman–Crippen MR) is 89.7 cm³/mol. The molecule has 0 fully saturated rings. The summed E-state index contributed by atoms with van der Waals surface area (Å²) in [5.74, 6) is -0.0850. The molecule has 0 heterocycles. The van der Waals surface area contributed by atoms with Gasteiger partial charge in [0.25, 0.3) is 0 Å². The highest BCUT2D eigenvalue weighted by Crippen LogP contribution is 2.41. The molecule has 0 atom stereocenters. The van der Waals surface area contributed by atoms with E-state index in [0.29, 0.717) is 28.7 Å². The third-order valence-corrected chi connectivity index (χ3v) is 4.23. The van der Waals surface area contributed by atoms with E-state index < -0.39 is 0 Å². The lowest BCUT2D eigenvalue weighted by Gasteiger charge is -2.22. The van der Waals surface area contributed by atoms with Gasteiger partial charge in [-0.05, 0) is 20.3 Å². The van der Waals surface area contributed by atoms with Gasteiger partial charge in [-0.25, -0.2) is 0 Å². The maximum absolute atomic E-state index is 10.5. The molecular weight excluding hydrogens is 292 g/mol. The molecule has 2 aromatic rings. The van der Waals surface area contributed by atoms with E-state index in [0.717, 1.165) is 11.1 Å². The summed E-state index contributed by atoms with van der Waals surface area (Å²) in [5.41, 5.74) is 4.20. The molecule has 0 saturated heterocycles. The Kier molecular flexibility index (Phi) is 5.29. The molecule has 0 aliphatic heterocycles. The van der Waals surface area contributed by atoms with E-state index in [1.54, 1.807) is 12.1 Å². The monoisotopic (exact) mass is 316 g/mol. The van der Waals surface area contributed by atoms with Crippen LogP contribution in [0.4, 0.5) is 0 Å². The third-order valence-electron chi connectivity index (χ3n) is 4.23. The SMILES string of the molecule is CCC(c1cc(C)cc(CO)c1O)c1cc(C)cc(CO)c1O. The predicted octanol–water partition coefficient (Wildman–Crippen LogP) is 3.24. The zero-order valence-corrected chi connectivity index (χ0v) is 13.8. The summed E-state index contributed by atoms with van der Waals surface area (Å²) in [6.07, 6.45) is 0.670. The third kappa shape index (κ3) is 3.33. The number of aliphatic hydroxyl groups is 2. The molecule has 0 aliphatic carbocycles. The second-order valence-electron chi connectivity index (χ2n) is 6.00. The van der Waals surface area contributed by atoms with Crippen LogP contribution in [0.25, 0.3) is 0 Å². The van der Waals surface area contributed by atoms with Crippen LogP contribution in [0.2, 0.25) is 0 Å². The van der Waals surface area contributed by atoms with Crippen LogP contribution in [0, 0.1) is 13.8 Å². The van der Waals surface area contributed by atoms with Crippen molar-refractivity contribution in [2.24, 2.45) is 0 Å². The molecule has 0 unspecified atom stereocenters. The topological polar surface area (TPSA) is 80.9 Å². The van der Waals surface area contributed by atoms with Crippen molar-refractivity contribution in [1.29, 1.82) is 0 Å². The van der Waals surface area contributed by atoms with E-state index in [-0.39, 0.29) is 30.6 Å². The van der Waals surface area contributed by atoms with Gasteiger partial charge in [0.1, 0.15) is 11.5 Å². The van der Waals surface area contributed by atoms with Crippen LogP contribution in [-0.2, 0) is 13.2 Å². The van der Waals surface area contributed by atoms with Crippen molar-refractivity contribution in [1.82, 2.24) is 0 Å². The zero-order valence-electron chi connectivity index (χ0n) is 13.8. The van der Waals surface area contributed by atoms with Gasteiger partial charge in [0.2, 0.25) is 0 Å². The Morgan fingerprint density at radius 3 is 1.48 bits per heavy atom. The minimum atomic E-state index is -0.237. The van der Waals surface area contributed by atoms with Crippen molar-refractivity contribution in [3.05, 3.63) is 57.6 Å². The Hall–Kier alpha value is -2.04. The van der Waals surface area contributed by atoms with Gasteiger partial charge >= 0.3 is 0 Å². The molecule has 4 nitrogen and oxygen atoms in total. The first-order valence-corrected chi connectivity index (χ1v) is 7.79. The Labute approximate surface area is 136 Å². The average Bonchev–Trinajstić information content (AvgIpc) is 2.53. The van der Waals surface area contributed by atoms with Crippen LogP contribution in [0.15, 0.2) is 24.3 Å². The molecule has 4 N–H and O–H groups in total. The maximum atomic E-state index is 10.5. The van der Waals surface area contributed by atoms with Gasteiger partial charge in [-0.1, -0.05) is 42.3 Å². The largest absolute Gasteiger partial charge is 0.507 e. The van der Waals surface area contributed by atoms with E-state index >= 15 is 0 Å². The highest BCUT2D eigenvalue weighted by atomic mass is 16.3. The van der Waals surface area contributed by atoms with E-state index in [1.807, 2.05) is 32.9 Å². The Bertz CT molecular complexity index is 648. The summed E-state index contributed by atoms with van der Waals surface area (Å²) in [7, 11) is 0. The van der Waals surface area contributed by atoms with Crippen molar-refractivity contribution in [3.8, 4) is 11.5 Å². The molecule has 0 aromatic heterocycles. The maximum Gasteiger partial charge on any atom is 0.124 e. The van der Waals surface area contributed by atoms with E-state index in [4.69, 9.17) is 0 Å². The lowest BCUT2D eigenvalue weighted by Crippen LogP contribution is -2.05. The Balaban J connectivity index is 2.66. The van der Waals surface area contributed by atoms with Crippen molar-refractivity contribution in [3.63, 3.8) is 0 Å². The minimum Gasteiger partial charge on any atom is -0.507 e. The number of hydrogen-bond acceptors (Lipinski definition) is 4. The molecule has 0 aliphatic rings. The highest BCUT2D eigenvalue weighted by molar-refractivity contribution is 5.53. The first-order valence-electron chi connectivity index (χ1n) is 7.79. The highest BCUT2D eigenvalue weighted by Gasteiger charge is 2.23. The van der Waals surface area contributed by atoms with Gasteiger partial charge in [-0.15, -0.1) is 0 Å². The van der Waals surface area contributed by atoms with Crippen LogP contribution in [0.5, 0.6) is 11.5 Å². The quantitative estimate of drug-likeness (QED) is 0.682. The molecule has 0 spiro atoms. The summed E-state index contributed by atoms with van der Waals surface area (Å²) in [6, 6.07) is 7.26. The van der Waals surface area contributed by atoms with Crippen LogP contribution >= 0.6 is 0 Å². The number of phenols is 2. The first kappa shape index (κ1) is 17.3. The Morgan fingerprint density at radius 1 is 0.783 bits per heavy atom. The number of aliphatic hydroxyl groups excluding tert-OH is 2. The molecule has 0 radical (unpaired) electrons. The van der Waals surface area contributed by atoms with Gasteiger partial charge in [0.15, 0.2) is 0 Å². The lowest BCUT2D eigenvalue weighted by molar-refractivity contribution is 0.274. The lowest BCUT2D eigenvalue weighted by atomic mass is 9.84. The van der Waals surface area contributed by atoms with E-state index in [1.165, 1.54) is 0 Å². The molecular formula is C19H24O4. The zero-order chi connectivity index (χ0) is 17.1. The van der Waals surface area contributed by atoms with Gasteiger partial charge in [-0.3, -0.25) is 0 Å². The van der Waals surface area contributed by atoms with Crippen LogP contribution < -0.4 is 0 Å². The van der Waals surface area contributed by atoms with E-state index in [2.05, 4.69) is 0 Å². The molecule has 124 valence electrons. The van der Waals surface area contributed by atoms with Crippen molar-refractivity contribution >= 4 is 0 Å². The molecule has 2 aromatic carbocycles. The molecule has 0 saturated carbocycles. The van der Waals surface area contributed by atoms with Crippen molar-refractivity contribution in [2.75, 3.05) is 0 Å². The van der Waals surface area contributed by atoms with Crippen LogP contribution in [0.1, 0.15) is 52.6 Å². The standard InChI is InChI=1S/C19H24O4/c1-4-15(16-7-11(2)5-13(9-20)18(16)22)17-8-12(3)6-14(10-21)19(17)23/h5-8,15,20-23H,4,9-10H2,1-3H3. The fraction of sp³-hybridized carbons (Fsp3) is 0.368. The molecule has 2 rings (SSSR count). The summed E-state index contributed by atoms with van der Waals surface area (Å²) >= 11 is 0. The minimum absolute atomic E-state index is 0.0661. The summed E-state index contributed by atoms with van der Waals surface area (Å²) < 4.78 is 0. The second kappa shape index (κ2) is 7.02. The smallest absolute Gasteiger partial charge is 0.124 e. The normalized spacial score (nSPS) is 11.2. The fourth-order valence-electron chi connectivity index (χ4n) is 3.15. The van der Waals surface area contributed by atoms with Crippen molar-refractivity contribution in [2.45, 2.75) is 46.3 Å². The van der Waals surface area contributed by atoms with Crippen LogP contribution in [0.3, 0.4) is 0 Å². The van der Waals surface area contributed by atoms with Crippen molar-refractivity contribution < 1.29 is 20.4 Å². The number of aryl methyl sites for hydroxylation is 2. The summed E-state index contributed by atoms with van der Waals surface area (Å²) in [5, 5.41) is 39.8. The fourth-order valence-corrected chi connectivity index (χ4v) is 3.15. The number of aromatic hydroxyl groups is 2. The average molecular weight is 316 g/mol.